The Morgan fingerprint density at radius 1 is 1.17 bits per heavy atom. The number of benzene rings is 2. The molecule has 2 rings (SSSR count). The van der Waals surface area contributed by atoms with Crippen LogP contribution in [0.15, 0.2) is 53.6 Å². The maximum absolute atomic E-state index is 12.2. The summed E-state index contributed by atoms with van der Waals surface area (Å²) in [5.41, 5.74) is 4.25. The number of rotatable bonds is 9. The van der Waals surface area contributed by atoms with Crippen LogP contribution in [0.3, 0.4) is 0 Å². The number of amides is 1. The molecule has 9 nitrogen and oxygen atoms in total. The van der Waals surface area contributed by atoms with E-state index in [0.717, 1.165) is 16.1 Å². The van der Waals surface area contributed by atoms with Crippen molar-refractivity contribution in [1.29, 1.82) is 0 Å². The standard InChI is InChI=1S/C20H23N3O6S/c1-15-5-4-6-17(11-15)23(30(3,26)27)13-19(24)22-21-12-16-7-9-18(10-8-16)29-14-20(25)28-2/h4-12H,13-14H2,1-3H3,(H,22,24)/b21-12-. The topological polar surface area (TPSA) is 114 Å². The van der Waals surface area contributed by atoms with Gasteiger partial charge in [-0.2, -0.15) is 5.10 Å². The first-order valence-electron chi connectivity index (χ1n) is 8.85. The number of hydrogen-bond donors (Lipinski definition) is 1. The van der Waals surface area contributed by atoms with E-state index in [0.29, 0.717) is 17.0 Å². The van der Waals surface area contributed by atoms with E-state index in [2.05, 4.69) is 15.3 Å². The zero-order valence-corrected chi connectivity index (χ0v) is 17.7. The Bertz CT molecular complexity index is 1020. The van der Waals surface area contributed by atoms with Gasteiger partial charge >= 0.3 is 5.97 Å². The number of nitrogens with zero attached hydrogens (tertiary/aromatic N) is 2. The van der Waals surface area contributed by atoms with Gasteiger partial charge in [0, 0.05) is 0 Å². The van der Waals surface area contributed by atoms with E-state index in [-0.39, 0.29) is 6.61 Å². The van der Waals surface area contributed by atoms with Crippen LogP contribution in [-0.2, 0) is 24.3 Å². The van der Waals surface area contributed by atoms with Crippen molar-refractivity contribution >= 4 is 33.8 Å². The van der Waals surface area contributed by atoms with E-state index < -0.39 is 28.4 Å². The summed E-state index contributed by atoms with van der Waals surface area (Å²) >= 11 is 0. The molecule has 0 heterocycles. The van der Waals surface area contributed by atoms with Gasteiger partial charge in [0.15, 0.2) is 6.61 Å². The molecular formula is C20H23N3O6S. The zero-order valence-electron chi connectivity index (χ0n) is 16.9. The molecule has 0 bridgehead atoms. The first-order valence-corrected chi connectivity index (χ1v) is 10.7. The highest BCUT2D eigenvalue weighted by molar-refractivity contribution is 7.92. The van der Waals surface area contributed by atoms with Gasteiger partial charge in [-0.3, -0.25) is 9.10 Å². The minimum absolute atomic E-state index is 0.197. The monoisotopic (exact) mass is 433 g/mol. The van der Waals surface area contributed by atoms with Crippen LogP contribution in [-0.4, -0.2) is 53.0 Å². The number of aryl methyl sites for hydroxylation is 1. The largest absolute Gasteiger partial charge is 0.482 e. The molecule has 0 unspecified atom stereocenters. The van der Waals surface area contributed by atoms with Gasteiger partial charge < -0.3 is 9.47 Å². The van der Waals surface area contributed by atoms with E-state index in [1.54, 1.807) is 42.5 Å². The normalized spacial score (nSPS) is 11.2. The van der Waals surface area contributed by atoms with Crippen molar-refractivity contribution in [2.75, 3.05) is 30.8 Å². The summed E-state index contributed by atoms with van der Waals surface area (Å²) < 4.78 is 34.9. The predicted octanol–water partition coefficient (Wildman–Crippen LogP) is 1.46. The fourth-order valence-corrected chi connectivity index (χ4v) is 3.23. The summed E-state index contributed by atoms with van der Waals surface area (Å²) in [4.78, 5) is 23.2. The van der Waals surface area contributed by atoms with E-state index >= 15 is 0 Å². The molecule has 0 fully saturated rings. The summed E-state index contributed by atoms with van der Waals surface area (Å²) in [5.74, 6) is -0.600. The van der Waals surface area contributed by atoms with Gasteiger partial charge in [0.25, 0.3) is 5.91 Å². The fraction of sp³-hybridized carbons (Fsp3) is 0.250. The van der Waals surface area contributed by atoms with E-state index in [1.807, 2.05) is 13.0 Å². The average molecular weight is 433 g/mol. The average Bonchev–Trinajstić information content (AvgIpc) is 2.70. The number of hydrogen-bond acceptors (Lipinski definition) is 7. The molecule has 2 aromatic rings. The number of ether oxygens (including phenoxy) is 2. The molecule has 1 amide bonds. The lowest BCUT2D eigenvalue weighted by Gasteiger charge is -2.21. The Hall–Kier alpha value is -3.40. The number of sulfonamides is 1. The molecule has 0 aliphatic heterocycles. The Balaban J connectivity index is 1.95. The number of nitrogens with one attached hydrogen (secondary N) is 1. The van der Waals surface area contributed by atoms with Crippen LogP contribution in [0.1, 0.15) is 11.1 Å². The third-order valence-corrected chi connectivity index (χ3v) is 4.99. The summed E-state index contributed by atoms with van der Waals surface area (Å²) in [6.07, 6.45) is 2.44. The fourth-order valence-electron chi connectivity index (χ4n) is 2.38. The molecule has 0 aliphatic rings. The van der Waals surface area contributed by atoms with Crippen molar-refractivity contribution in [2.24, 2.45) is 5.10 Å². The highest BCUT2D eigenvalue weighted by atomic mass is 32.2. The van der Waals surface area contributed by atoms with Crippen molar-refractivity contribution in [3.63, 3.8) is 0 Å². The van der Waals surface area contributed by atoms with E-state index in [1.165, 1.54) is 13.3 Å². The third kappa shape index (κ3) is 7.21. The molecule has 2 aromatic carbocycles. The van der Waals surface area contributed by atoms with Gasteiger partial charge in [0.05, 0.1) is 25.3 Å². The van der Waals surface area contributed by atoms with Gasteiger partial charge in [0.2, 0.25) is 10.0 Å². The molecule has 10 heteroatoms. The minimum Gasteiger partial charge on any atom is -0.482 e. The van der Waals surface area contributed by atoms with Gasteiger partial charge in [0.1, 0.15) is 12.3 Å². The van der Waals surface area contributed by atoms with E-state index in [9.17, 15) is 18.0 Å². The maximum atomic E-state index is 12.2. The molecule has 0 radical (unpaired) electrons. The minimum atomic E-state index is -3.65. The van der Waals surface area contributed by atoms with Crippen LogP contribution < -0.4 is 14.5 Å². The van der Waals surface area contributed by atoms with Gasteiger partial charge in [-0.25, -0.2) is 18.6 Å². The highest BCUT2D eigenvalue weighted by Crippen LogP contribution is 2.18. The summed E-state index contributed by atoms with van der Waals surface area (Å²) in [5, 5.41) is 3.84. The Labute approximate surface area is 175 Å². The van der Waals surface area contributed by atoms with Crippen molar-refractivity contribution in [1.82, 2.24) is 5.43 Å². The molecule has 160 valence electrons. The number of methoxy groups -OCH3 is 1. The number of hydrazone groups is 1. The van der Waals surface area contributed by atoms with Crippen molar-refractivity contribution in [3.8, 4) is 5.75 Å². The number of esters is 1. The molecule has 0 aromatic heterocycles. The SMILES string of the molecule is COC(=O)COc1ccc(/C=N\NC(=O)CN(c2cccc(C)c2)S(C)(=O)=O)cc1. The summed E-state index contributed by atoms with van der Waals surface area (Å²) in [6, 6.07) is 13.5. The van der Waals surface area contributed by atoms with Crippen molar-refractivity contribution < 1.29 is 27.5 Å². The van der Waals surface area contributed by atoms with Gasteiger partial charge in [-0.15, -0.1) is 0 Å². The third-order valence-electron chi connectivity index (χ3n) is 3.84. The molecule has 0 saturated heterocycles. The summed E-state index contributed by atoms with van der Waals surface area (Å²) in [6.45, 7) is 1.23. The van der Waals surface area contributed by atoms with Crippen LogP contribution in [0, 0.1) is 6.92 Å². The molecule has 30 heavy (non-hydrogen) atoms. The van der Waals surface area contributed by atoms with Crippen LogP contribution in [0.2, 0.25) is 0 Å². The smallest absolute Gasteiger partial charge is 0.343 e. The van der Waals surface area contributed by atoms with Crippen LogP contribution in [0.5, 0.6) is 5.75 Å². The summed E-state index contributed by atoms with van der Waals surface area (Å²) in [7, 11) is -2.38. The van der Waals surface area contributed by atoms with Crippen molar-refractivity contribution in [2.45, 2.75) is 6.92 Å². The number of anilines is 1. The molecule has 0 spiro atoms. The lowest BCUT2D eigenvalue weighted by atomic mass is 10.2. The number of carbonyl (C=O) groups is 2. The second kappa shape index (κ2) is 10.4. The Morgan fingerprint density at radius 2 is 1.87 bits per heavy atom. The quantitative estimate of drug-likeness (QED) is 0.364. The first kappa shape index (κ1) is 22.9. The van der Waals surface area contributed by atoms with E-state index in [4.69, 9.17) is 4.74 Å². The van der Waals surface area contributed by atoms with Crippen molar-refractivity contribution in [3.05, 3.63) is 59.7 Å². The lowest BCUT2D eigenvalue weighted by Crippen LogP contribution is -2.39. The Morgan fingerprint density at radius 3 is 2.47 bits per heavy atom. The Kier molecular flexibility index (Phi) is 7.93. The molecule has 0 aliphatic carbocycles. The highest BCUT2D eigenvalue weighted by Gasteiger charge is 2.20. The first-order chi connectivity index (χ1) is 14.2. The maximum Gasteiger partial charge on any atom is 0.343 e. The van der Waals surface area contributed by atoms with Crippen LogP contribution in [0.4, 0.5) is 5.69 Å². The molecule has 0 atom stereocenters. The predicted molar refractivity (Wildman–Crippen MR) is 113 cm³/mol. The molecular weight excluding hydrogens is 410 g/mol. The van der Waals surface area contributed by atoms with Gasteiger partial charge in [-0.1, -0.05) is 12.1 Å². The molecule has 0 saturated carbocycles. The second-order valence-electron chi connectivity index (χ2n) is 6.34. The van der Waals surface area contributed by atoms with Crippen LogP contribution in [0.25, 0.3) is 0 Å². The zero-order chi connectivity index (χ0) is 22.1. The molecule has 1 N–H and O–H groups in total. The van der Waals surface area contributed by atoms with Gasteiger partial charge in [-0.05, 0) is 54.4 Å². The second-order valence-corrected chi connectivity index (χ2v) is 8.24. The van der Waals surface area contributed by atoms with Crippen LogP contribution >= 0.6 is 0 Å². The lowest BCUT2D eigenvalue weighted by molar-refractivity contribution is -0.142. The number of carbonyl (C=O) groups excluding carboxylic acids is 2.